The maximum atomic E-state index is 11.5. The SMILES string of the molecule is CC1(C)CC(=O)NC(NC(=N)N2CCCCC2)=N1. The molecule has 0 unspecified atom stereocenters. The van der Waals surface area contributed by atoms with E-state index in [9.17, 15) is 4.79 Å². The fourth-order valence-corrected chi connectivity index (χ4v) is 2.31. The quantitative estimate of drug-likeness (QED) is 0.437. The van der Waals surface area contributed by atoms with Crippen molar-refractivity contribution in [2.45, 2.75) is 45.1 Å². The lowest BCUT2D eigenvalue weighted by Gasteiger charge is -2.31. The van der Waals surface area contributed by atoms with Crippen LogP contribution in [0.25, 0.3) is 0 Å². The molecule has 0 bridgehead atoms. The van der Waals surface area contributed by atoms with E-state index >= 15 is 0 Å². The molecule has 2 aliphatic heterocycles. The molecular formula is C12H21N5O. The Balaban J connectivity index is 1.98. The second kappa shape index (κ2) is 4.96. The minimum absolute atomic E-state index is 0.0519. The Hall–Kier alpha value is -1.59. The summed E-state index contributed by atoms with van der Waals surface area (Å²) in [6.45, 7) is 5.63. The van der Waals surface area contributed by atoms with Gasteiger partial charge in [0.25, 0.3) is 0 Å². The van der Waals surface area contributed by atoms with E-state index in [0.717, 1.165) is 25.9 Å². The van der Waals surface area contributed by atoms with Crippen LogP contribution >= 0.6 is 0 Å². The molecule has 2 aliphatic rings. The number of nitrogens with zero attached hydrogens (tertiary/aromatic N) is 2. The number of guanidine groups is 2. The van der Waals surface area contributed by atoms with Gasteiger partial charge >= 0.3 is 0 Å². The maximum absolute atomic E-state index is 11.5. The van der Waals surface area contributed by atoms with Crippen molar-refractivity contribution < 1.29 is 4.79 Å². The minimum atomic E-state index is -0.396. The molecule has 2 heterocycles. The molecule has 3 N–H and O–H groups in total. The predicted octanol–water partition coefficient (Wildman–Crippen LogP) is 0.651. The fourth-order valence-electron chi connectivity index (χ4n) is 2.31. The van der Waals surface area contributed by atoms with Gasteiger partial charge < -0.3 is 4.90 Å². The number of piperidine rings is 1. The van der Waals surface area contributed by atoms with Crippen LogP contribution in [-0.2, 0) is 4.79 Å². The highest BCUT2D eigenvalue weighted by molar-refractivity contribution is 6.06. The molecular weight excluding hydrogens is 230 g/mol. The number of amides is 1. The van der Waals surface area contributed by atoms with Crippen LogP contribution in [0.15, 0.2) is 4.99 Å². The van der Waals surface area contributed by atoms with Crippen molar-refractivity contribution in [1.29, 1.82) is 5.41 Å². The number of likely N-dealkylation sites (tertiary alicyclic amines) is 1. The highest BCUT2D eigenvalue weighted by atomic mass is 16.2. The average Bonchev–Trinajstić information content (AvgIpc) is 2.27. The van der Waals surface area contributed by atoms with Gasteiger partial charge in [-0.05, 0) is 33.1 Å². The normalized spacial score (nSPS) is 23.1. The van der Waals surface area contributed by atoms with Crippen molar-refractivity contribution in [2.24, 2.45) is 4.99 Å². The summed E-state index contributed by atoms with van der Waals surface area (Å²) >= 11 is 0. The summed E-state index contributed by atoms with van der Waals surface area (Å²) in [5.74, 6) is 0.669. The molecule has 1 fully saturated rings. The summed E-state index contributed by atoms with van der Waals surface area (Å²) in [6, 6.07) is 0. The van der Waals surface area contributed by atoms with E-state index < -0.39 is 5.54 Å². The molecule has 6 heteroatoms. The lowest BCUT2D eigenvalue weighted by molar-refractivity contribution is -0.121. The lowest BCUT2D eigenvalue weighted by Crippen LogP contribution is -2.54. The van der Waals surface area contributed by atoms with Crippen molar-refractivity contribution >= 4 is 17.8 Å². The van der Waals surface area contributed by atoms with Crippen LogP contribution in [0.1, 0.15) is 39.5 Å². The molecule has 2 rings (SSSR count). The van der Waals surface area contributed by atoms with Crippen LogP contribution in [0.5, 0.6) is 0 Å². The fraction of sp³-hybridized carbons (Fsp3) is 0.750. The summed E-state index contributed by atoms with van der Waals surface area (Å²) < 4.78 is 0. The number of hydrogen-bond donors (Lipinski definition) is 3. The standard InChI is InChI=1S/C12H21N5O/c1-12(2)8-9(18)14-11(16-12)15-10(13)17-6-4-3-5-7-17/h3-8H2,1-2H3,(H3,13,14,15,16,18). The van der Waals surface area contributed by atoms with Gasteiger partial charge in [0.05, 0.1) is 12.0 Å². The van der Waals surface area contributed by atoms with E-state index in [2.05, 4.69) is 15.6 Å². The van der Waals surface area contributed by atoms with Crippen molar-refractivity contribution in [3.05, 3.63) is 0 Å². The molecule has 6 nitrogen and oxygen atoms in total. The highest BCUT2D eigenvalue weighted by Gasteiger charge is 2.28. The monoisotopic (exact) mass is 251 g/mol. The Bertz CT molecular complexity index is 382. The summed E-state index contributed by atoms with van der Waals surface area (Å²) in [6.07, 6.45) is 3.85. The lowest BCUT2D eigenvalue weighted by atomic mass is 10.0. The van der Waals surface area contributed by atoms with Gasteiger partial charge in [0.15, 0.2) is 5.96 Å². The van der Waals surface area contributed by atoms with Gasteiger partial charge in [-0.25, -0.2) is 4.99 Å². The molecule has 0 aliphatic carbocycles. The third-order valence-electron chi connectivity index (χ3n) is 3.17. The first-order valence-corrected chi connectivity index (χ1v) is 6.46. The summed E-state index contributed by atoms with van der Waals surface area (Å²) in [7, 11) is 0. The van der Waals surface area contributed by atoms with Crippen molar-refractivity contribution in [2.75, 3.05) is 13.1 Å². The number of hydrogen-bond acceptors (Lipinski definition) is 3. The number of nitrogens with one attached hydrogen (secondary N) is 3. The number of carbonyl (C=O) groups is 1. The van der Waals surface area contributed by atoms with Crippen LogP contribution < -0.4 is 10.6 Å². The van der Waals surface area contributed by atoms with E-state index in [4.69, 9.17) is 5.41 Å². The Labute approximate surface area is 107 Å². The summed E-state index contributed by atoms with van der Waals surface area (Å²) in [5, 5.41) is 13.6. The van der Waals surface area contributed by atoms with E-state index in [-0.39, 0.29) is 5.91 Å². The Morgan fingerprint density at radius 1 is 1.39 bits per heavy atom. The number of rotatable bonds is 0. The molecule has 1 amide bonds. The Kier molecular flexibility index (Phi) is 3.54. The molecule has 1 saturated heterocycles. The van der Waals surface area contributed by atoms with Crippen LogP contribution in [0.3, 0.4) is 0 Å². The first-order valence-electron chi connectivity index (χ1n) is 6.46. The zero-order chi connectivity index (χ0) is 13.2. The molecule has 100 valence electrons. The van der Waals surface area contributed by atoms with Gasteiger partial charge in [0.1, 0.15) is 0 Å². The highest BCUT2D eigenvalue weighted by Crippen LogP contribution is 2.17. The van der Waals surface area contributed by atoms with Crippen LogP contribution in [0.2, 0.25) is 0 Å². The van der Waals surface area contributed by atoms with E-state index in [1.54, 1.807) is 0 Å². The number of aliphatic imine (C=N–C) groups is 1. The largest absolute Gasteiger partial charge is 0.343 e. The molecule has 0 saturated carbocycles. The van der Waals surface area contributed by atoms with Gasteiger partial charge in [-0.3, -0.25) is 20.8 Å². The van der Waals surface area contributed by atoms with Gasteiger partial charge in [0.2, 0.25) is 11.9 Å². The van der Waals surface area contributed by atoms with Crippen molar-refractivity contribution in [1.82, 2.24) is 15.5 Å². The smallest absolute Gasteiger partial charge is 0.229 e. The topological polar surface area (TPSA) is 80.6 Å². The minimum Gasteiger partial charge on any atom is -0.343 e. The predicted molar refractivity (Wildman–Crippen MR) is 70.6 cm³/mol. The molecule has 18 heavy (non-hydrogen) atoms. The second-order valence-electron chi connectivity index (χ2n) is 5.52. The Morgan fingerprint density at radius 2 is 2.06 bits per heavy atom. The average molecular weight is 251 g/mol. The third-order valence-corrected chi connectivity index (χ3v) is 3.17. The van der Waals surface area contributed by atoms with Gasteiger partial charge in [0, 0.05) is 13.1 Å². The van der Waals surface area contributed by atoms with Crippen LogP contribution in [-0.4, -0.2) is 41.4 Å². The number of carbonyl (C=O) groups excluding carboxylic acids is 1. The van der Waals surface area contributed by atoms with E-state index in [1.165, 1.54) is 6.42 Å². The first-order chi connectivity index (χ1) is 8.46. The van der Waals surface area contributed by atoms with Gasteiger partial charge in [-0.15, -0.1) is 0 Å². The first kappa shape index (κ1) is 12.9. The molecule has 0 spiro atoms. The van der Waals surface area contributed by atoms with Gasteiger partial charge in [-0.1, -0.05) is 0 Å². The van der Waals surface area contributed by atoms with Gasteiger partial charge in [-0.2, -0.15) is 0 Å². The van der Waals surface area contributed by atoms with Crippen LogP contribution in [0.4, 0.5) is 0 Å². The molecule has 0 aromatic carbocycles. The second-order valence-corrected chi connectivity index (χ2v) is 5.52. The van der Waals surface area contributed by atoms with Crippen LogP contribution in [0, 0.1) is 5.41 Å². The molecule has 0 atom stereocenters. The molecule has 0 aromatic rings. The molecule has 0 aromatic heterocycles. The zero-order valence-corrected chi connectivity index (χ0v) is 11.0. The Morgan fingerprint density at radius 3 is 2.67 bits per heavy atom. The van der Waals surface area contributed by atoms with Crippen molar-refractivity contribution in [3.8, 4) is 0 Å². The maximum Gasteiger partial charge on any atom is 0.229 e. The summed E-state index contributed by atoms with van der Waals surface area (Å²) in [5.41, 5.74) is -0.396. The van der Waals surface area contributed by atoms with E-state index in [1.807, 2.05) is 18.7 Å². The summed E-state index contributed by atoms with van der Waals surface area (Å²) in [4.78, 5) is 17.9. The van der Waals surface area contributed by atoms with Crippen molar-refractivity contribution in [3.63, 3.8) is 0 Å². The molecule has 0 radical (unpaired) electrons. The van der Waals surface area contributed by atoms with E-state index in [0.29, 0.717) is 18.3 Å². The zero-order valence-electron chi connectivity index (χ0n) is 11.0. The third kappa shape index (κ3) is 3.21.